The number of amides is 1. The predicted octanol–water partition coefficient (Wildman–Crippen LogP) is 2.33. The van der Waals surface area contributed by atoms with Crippen LogP contribution in [0.1, 0.15) is 30.9 Å². The van der Waals surface area contributed by atoms with E-state index < -0.39 is 5.60 Å². The Bertz CT molecular complexity index is 477. The number of carbonyl (C=O) groups excluding carboxylic acids is 1. The van der Waals surface area contributed by atoms with E-state index in [2.05, 4.69) is 11.4 Å². The summed E-state index contributed by atoms with van der Waals surface area (Å²) in [6.07, 6.45) is 4.68. The van der Waals surface area contributed by atoms with Crippen molar-refractivity contribution in [2.24, 2.45) is 5.92 Å². The number of benzene rings is 1. The highest BCUT2D eigenvalue weighted by Gasteiger charge is 2.34. The fraction of sp³-hybridized carbons (Fsp3) is 0.562. The Kier molecular flexibility index (Phi) is 5.11. The summed E-state index contributed by atoms with van der Waals surface area (Å²) in [6, 6.07) is 8.00. The van der Waals surface area contributed by atoms with Crippen LogP contribution in [0.2, 0.25) is 0 Å². The molecule has 0 aliphatic heterocycles. The normalized spacial score (nSPS) is 22.9. The third-order valence-electron chi connectivity index (χ3n) is 3.97. The molecule has 0 bridgehead atoms. The van der Waals surface area contributed by atoms with Gasteiger partial charge in [0.2, 0.25) is 5.91 Å². The number of fused-ring (bicyclic) bond motifs is 1. The molecule has 2 atom stereocenters. The second kappa shape index (κ2) is 6.64. The molecule has 0 aromatic heterocycles. The second-order valence-electron chi connectivity index (χ2n) is 5.62. The quantitative estimate of drug-likeness (QED) is 0.876. The van der Waals surface area contributed by atoms with E-state index in [-0.39, 0.29) is 11.8 Å². The number of rotatable bonds is 5. The molecule has 0 radical (unpaired) electrons. The summed E-state index contributed by atoms with van der Waals surface area (Å²) in [4.78, 5) is 12.0. The molecule has 0 saturated heterocycles. The van der Waals surface area contributed by atoms with Crippen molar-refractivity contribution in [3.63, 3.8) is 0 Å². The van der Waals surface area contributed by atoms with Crippen LogP contribution >= 0.6 is 11.8 Å². The van der Waals surface area contributed by atoms with Crippen LogP contribution in [0.4, 0.5) is 0 Å². The van der Waals surface area contributed by atoms with Crippen LogP contribution < -0.4 is 5.32 Å². The van der Waals surface area contributed by atoms with Gasteiger partial charge in [0, 0.05) is 11.7 Å². The van der Waals surface area contributed by atoms with Gasteiger partial charge in [-0.25, -0.2) is 0 Å². The first kappa shape index (κ1) is 15.4. The summed E-state index contributed by atoms with van der Waals surface area (Å²) in [5.41, 5.74) is 1.26. The first-order valence-corrected chi connectivity index (χ1v) is 8.53. The third-order valence-corrected chi connectivity index (χ3v) is 4.81. The number of aryl methyl sites for hydroxylation is 1. The maximum atomic E-state index is 12.0. The molecule has 3 nitrogen and oxygen atoms in total. The largest absolute Gasteiger partial charge is 0.383 e. The molecule has 2 rings (SSSR count). The van der Waals surface area contributed by atoms with Gasteiger partial charge in [0.1, 0.15) is 5.60 Å². The molecule has 1 aromatic rings. The number of thioether (sulfide) groups is 1. The van der Waals surface area contributed by atoms with Gasteiger partial charge in [0.05, 0.1) is 6.54 Å². The molecule has 20 heavy (non-hydrogen) atoms. The van der Waals surface area contributed by atoms with E-state index >= 15 is 0 Å². The van der Waals surface area contributed by atoms with E-state index in [0.717, 1.165) is 24.2 Å². The average molecular weight is 293 g/mol. The maximum absolute atomic E-state index is 12.0. The van der Waals surface area contributed by atoms with Gasteiger partial charge in [-0.1, -0.05) is 31.2 Å². The summed E-state index contributed by atoms with van der Waals surface area (Å²) >= 11 is 1.66. The Morgan fingerprint density at radius 1 is 1.50 bits per heavy atom. The number of hydrogen-bond donors (Lipinski definition) is 2. The maximum Gasteiger partial charge on any atom is 0.223 e. The molecular formula is C16H23NO2S. The van der Waals surface area contributed by atoms with Crippen molar-refractivity contribution in [3.8, 4) is 0 Å². The number of carbonyl (C=O) groups is 1. The highest BCUT2D eigenvalue weighted by atomic mass is 32.2. The highest BCUT2D eigenvalue weighted by molar-refractivity contribution is 7.98. The lowest BCUT2D eigenvalue weighted by atomic mass is 9.79. The van der Waals surface area contributed by atoms with Crippen molar-refractivity contribution in [2.45, 2.75) is 31.8 Å². The van der Waals surface area contributed by atoms with Crippen LogP contribution in [0.5, 0.6) is 0 Å². The van der Waals surface area contributed by atoms with E-state index in [0.29, 0.717) is 13.0 Å². The molecule has 2 unspecified atom stereocenters. The summed E-state index contributed by atoms with van der Waals surface area (Å²) in [7, 11) is 0. The van der Waals surface area contributed by atoms with Crippen LogP contribution in [-0.2, 0) is 16.8 Å². The average Bonchev–Trinajstić information content (AvgIpc) is 2.46. The third kappa shape index (κ3) is 3.36. The van der Waals surface area contributed by atoms with E-state index in [9.17, 15) is 9.90 Å². The molecule has 4 heteroatoms. The zero-order valence-electron chi connectivity index (χ0n) is 12.2. The number of nitrogens with one attached hydrogen (secondary N) is 1. The smallest absolute Gasteiger partial charge is 0.223 e. The Balaban J connectivity index is 2.04. The molecule has 110 valence electrons. The molecule has 0 saturated carbocycles. The van der Waals surface area contributed by atoms with Gasteiger partial charge >= 0.3 is 0 Å². The molecule has 1 aromatic carbocycles. The lowest BCUT2D eigenvalue weighted by Gasteiger charge is -2.35. The summed E-state index contributed by atoms with van der Waals surface area (Å²) < 4.78 is 0. The van der Waals surface area contributed by atoms with Crippen LogP contribution in [0, 0.1) is 5.92 Å². The van der Waals surface area contributed by atoms with Gasteiger partial charge in [-0.05, 0) is 36.6 Å². The van der Waals surface area contributed by atoms with E-state index in [4.69, 9.17) is 0 Å². The van der Waals surface area contributed by atoms with Crippen molar-refractivity contribution in [1.82, 2.24) is 5.32 Å². The topological polar surface area (TPSA) is 49.3 Å². The first-order valence-electron chi connectivity index (χ1n) is 7.14. The fourth-order valence-corrected chi connectivity index (χ4v) is 3.47. The van der Waals surface area contributed by atoms with E-state index in [1.54, 1.807) is 11.8 Å². The van der Waals surface area contributed by atoms with Gasteiger partial charge in [-0.3, -0.25) is 4.79 Å². The summed E-state index contributed by atoms with van der Waals surface area (Å²) in [5.74, 6) is 0.809. The van der Waals surface area contributed by atoms with Gasteiger partial charge in [-0.15, -0.1) is 0 Å². The molecule has 2 N–H and O–H groups in total. The standard InChI is InChI=1S/C16H23NO2S/c1-12(10-20-2)15(18)17-11-16(19)9-5-7-13-6-3-4-8-14(13)16/h3-4,6,8,12,19H,5,7,9-11H2,1-2H3,(H,17,18). The van der Waals surface area contributed by atoms with Gasteiger partial charge in [-0.2, -0.15) is 11.8 Å². The Labute approximate surface area is 125 Å². The Hall–Kier alpha value is -1.00. The highest BCUT2D eigenvalue weighted by Crippen LogP contribution is 2.34. The van der Waals surface area contributed by atoms with Gasteiger partial charge in [0.25, 0.3) is 0 Å². The van der Waals surface area contributed by atoms with Crippen molar-refractivity contribution in [3.05, 3.63) is 35.4 Å². The SMILES string of the molecule is CSCC(C)C(=O)NCC1(O)CCCc2ccccc21. The monoisotopic (exact) mass is 293 g/mol. The molecule has 1 aliphatic carbocycles. The molecular weight excluding hydrogens is 270 g/mol. The van der Waals surface area contributed by atoms with Gasteiger partial charge < -0.3 is 10.4 Å². The fourth-order valence-electron chi connectivity index (χ4n) is 2.82. The molecule has 1 amide bonds. The van der Waals surface area contributed by atoms with Crippen molar-refractivity contribution in [1.29, 1.82) is 0 Å². The van der Waals surface area contributed by atoms with E-state index in [1.807, 2.05) is 31.4 Å². The lowest BCUT2D eigenvalue weighted by Crippen LogP contribution is -2.44. The first-order chi connectivity index (χ1) is 9.57. The second-order valence-corrected chi connectivity index (χ2v) is 6.53. The number of hydrogen-bond acceptors (Lipinski definition) is 3. The zero-order valence-corrected chi connectivity index (χ0v) is 13.0. The number of aliphatic hydroxyl groups is 1. The minimum Gasteiger partial charge on any atom is -0.383 e. The summed E-state index contributed by atoms with van der Waals surface area (Å²) in [6.45, 7) is 2.23. The van der Waals surface area contributed by atoms with Crippen LogP contribution in [0.25, 0.3) is 0 Å². The minimum atomic E-state index is -0.913. The Morgan fingerprint density at radius 3 is 3.00 bits per heavy atom. The van der Waals surface area contributed by atoms with Crippen molar-refractivity contribution >= 4 is 17.7 Å². The minimum absolute atomic E-state index is 0.0209. The summed E-state index contributed by atoms with van der Waals surface area (Å²) in [5, 5.41) is 13.8. The Morgan fingerprint density at radius 2 is 2.25 bits per heavy atom. The molecule has 0 heterocycles. The van der Waals surface area contributed by atoms with Crippen molar-refractivity contribution in [2.75, 3.05) is 18.6 Å². The molecule has 0 fully saturated rings. The predicted molar refractivity (Wildman–Crippen MR) is 83.8 cm³/mol. The molecule has 0 spiro atoms. The molecule has 1 aliphatic rings. The van der Waals surface area contributed by atoms with Gasteiger partial charge in [0.15, 0.2) is 0 Å². The zero-order chi connectivity index (χ0) is 14.6. The van der Waals surface area contributed by atoms with Crippen LogP contribution in [-0.4, -0.2) is 29.6 Å². The van der Waals surface area contributed by atoms with Crippen LogP contribution in [0.15, 0.2) is 24.3 Å². The van der Waals surface area contributed by atoms with E-state index in [1.165, 1.54) is 5.56 Å². The van der Waals surface area contributed by atoms with Crippen molar-refractivity contribution < 1.29 is 9.90 Å². The van der Waals surface area contributed by atoms with Crippen LogP contribution in [0.3, 0.4) is 0 Å². The lowest BCUT2D eigenvalue weighted by molar-refractivity contribution is -0.125.